The zero-order chi connectivity index (χ0) is 12.1. The molecule has 1 aromatic rings. The molecule has 0 heterocycles. The van der Waals surface area contributed by atoms with Crippen LogP contribution in [0.2, 0.25) is 10.0 Å². The van der Waals surface area contributed by atoms with Crippen molar-refractivity contribution < 1.29 is 14.7 Å². The highest BCUT2D eigenvalue weighted by Gasteiger charge is 2.06. The third kappa shape index (κ3) is 3.56. The lowest BCUT2D eigenvalue weighted by atomic mass is 10.3. The van der Waals surface area contributed by atoms with Crippen LogP contribution in [0.3, 0.4) is 0 Å². The van der Waals surface area contributed by atoms with Gasteiger partial charge in [0.25, 0.3) is 0 Å². The normalized spacial score (nSPS) is 10.4. The summed E-state index contributed by atoms with van der Waals surface area (Å²) in [6, 6.07) is 4.72. The minimum absolute atomic E-state index is 0.235. The Kier molecular flexibility index (Phi) is 4.34. The number of rotatable bonds is 3. The van der Waals surface area contributed by atoms with Crippen molar-refractivity contribution in [3.05, 3.63) is 40.4 Å². The highest BCUT2D eigenvalue weighted by molar-refractivity contribution is 6.39. The lowest BCUT2D eigenvalue weighted by Crippen LogP contribution is -2.20. The number of hydrogen-bond donors (Lipinski definition) is 1. The number of benzene rings is 1. The SMILES string of the molecule is O=C([O-])/C=C/C(=O)Nc1c(Cl)cccc1Cl. The number of carboxylic acids is 1. The molecule has 0 unspecified atom stereocenters. The second-order valence-electron chi connectivity index (χ2n) is 2.74. The van der Waals surface area contributed by atoms with E-state index in [1.54, 1.807) is 18.2 Å². The van der Waals surface area contributed by atoms with E-state index in [4.69, 9.17) is 23.2 Å². The minimum atomic E-state index is -1.46. The standard InChI is InChI=1S/C10H7Cl2NO3/c11-6-2-1-3-7(12)10(6)13-8(14)4-5-9(15)16/h1-5H,(H,13,14)(H,15,16)/p-1/b5-4+. The smallest absolute Gasteiger partial charge is 0.248 e. The van der Waals surface area contributed by atoms with Crippen molar-refractivity contribution >= 4 is 40.8 Å². The summed E-state index contributed by atoms with van der Waals surface area (Å²) in [6.07, 6.45) is 1.43. The quantitative estimate of drug-likeness (QED) is 0.830. The molecule has 0 radical (unpaired) electrons. The Labute approximate surface area is 101 Å². The van der Waals surface area contributed by atoms with Crippen LogP contribution in [0.1, 0.15) is 0 Å². The molecule has 1 N–H and O–H groups in total. The molecule has 0 aliphatic carbocycles. The topological polar surface area (TPSA) is 69.2 Å². The first-order valence-electron chi connectivity index (χ1n) is 4.15. The van der Waals surface area contributed by atoms with Gasteiger partial charge in [-0.3, -0.25) is 4.79 Å². The van der Waals surface area contributed by atoms with E-state index in [2.05, 4.69) is 5.32 Å². The summed E-state index contributed by atoms with van der Waals surface area (Å²) in [5, 5.41) is 12.9. The molecular weight excluding hydrogens is 253 g/mol. The van der Waals surface area contributed by atoms with Crippen molar-refractivity contribution in [3.8, 4) is 0 Å². The number of carbonyl (C=O) groups excluding carboxylic acids is 2. The average molecular weight is 259 g/mol. The molecule has 16 heavy (non-hydrogen) atoms. The van der Waals surface area contributed by atoms with Crippen molar-refractivity contribution in [1.82, 2.24) is 0 Å². The second-order valence-corrected chi connectivity index (χ2v) is 3.55. The maximum atomic E-state index is 11.2. The molecule has 0 saturated heterocycles. The van der Waals surface area contributed by atoms with Gasteiger partial charge in [-0.1, -0.05) is 29.3 Å². The van der Waals surface area contributed by atoms with Crippen molar-refractivity contribution in [1.29, 1.82) is 0 Å². The maximum absolute atomic E-state index is 11.2. The monoisotopic (exact) mass is 258 g/mol. The Morgan fingerprint density at radius 2 is 1.75 bits per heavy atom. The largest absolute Gasteiger partial charge is 0.545 e. The predicted octanol–water partition coefficient (Wildman–Crippen LogP) is 1.24. The lowest BCUT2D eigenvalue weighted by molar-refractivity contribution is -0.297. The number of nitrogens with one attached hydrogen (secondary N) is 1. The molecular formula is C10H6Cl2NO3-. The highest BCUT2D eigenvalue weighted by Crippen LogP contribution is 2.29. The number of hydrogen-bond acceptors (Lipinski definition) is 3. The first kappa shape index (κ1) is 12.5. The van der Waals surface area contributed by atoms with Gasteiger partial charge in [-0.05, 0) is 18.2 Å². The molecule has 6 heteroatoms. The van der Waals surface area contributed by atoms with E-state index in [1.165, 1.54) is 0 Å². The van der Waals surface area contributed by atoms with E-state index in [9.17, 15) is 14.7 Å². The molecule has 4 nitrogen and oxygen atoms in total. The summed E-state index contributed by atoms with van der Waals surface area (Å²) in [7, 11) is 0. The van der Waals surface area contributed by atoms with Crippen LogP contribution in [0.5, 0.6) is 0 Å². The van der Waals surface area contributed by atoms with Crippen LogP contribution in [0.4, 0.5) is 5.69 Å². The van der Waals surface area contributed by atoms with Gasteiger partial charge in [0.05, 0.1) is 21.7 Å². The Bertz CT molecular complexity index is 437. The fourth-order valence-corrected chi connectivity index (χ4v) is 1.42. The highest BCUT2D eigenvalue weighted by atomic mass is 35.5. The number of para-hydroxylation sites is 1. The molecule has 0 saturated carbocycles. The van der Waals surface area contributed by atoms with E-state index in [0.29, 0.717) is 6.08 Å². The number of carboxylic acid groups (broad SMARTS) is 1. The van der Waals surface area contributed by atoms with E-state index in [1.807, 2.05) is 0 Å². The molecule has 1 rings (SSSR count). The molecule has 1 aromatic carbocycles. The van der Waals surface area contributed by atoms with E-state index < -0.39 is 11.9 Å². The lowest BCUT2D eigenvalue weighted by Gasteiger charge is -2.06. The zero-order valence-corrected chi connectivity index (χ0v) is 9.38. The molecule has 84 valence electrons. The molecule has 1 amide bonds. The van der Waals surface area contributed by atoms with Gasteiger partial charge in [-0.15, -0.1) is 0 Å². The Balaban J connectivity index is 2.81. The maximum Gasteiger partial charge on any atom is 0.248 e. The molecule has 0 atom stereocenters. The van der Waals surface area contributed by atoms with Gasteiger partial charge in [-0.2, -0.15) is 0 Å². The number of anilines is 1. The summed E-state index contributed by atoms with van der Waals surface area (Å²) < 4.78 is 0. The van der Waals surface area contributed by atoms with Crippen molar-refractivity contribution in [2.45, 2.75) is 0 Å². The number of halogens is 2. The van der Waals surface area contributed by atoms with Gasteiger partial charge in [0.1, 0.15) is 0 Å². The Morgan fingerprint density at radius 3 is 2.25 bits per heavy atom. The van der Waals surface area contributed by atoms with Gasteiger partial charge < -0.3 is 15.2 Å². The van der Waals surface area contributed by atoms with Crippen LogP contribution in [-0.2, 0) is 9.59 Å². The molecule has 0 aliphatic heterocycles. The molecule has 0 aliphatic rings. The van der Waals surface area contributed by atoms with Gasteiger partial charge in [-0.25, -0.2) is 0 Å². The van der Waals surface area contributed by atoms with E-state index in [-0.39, 0.29) is 15.7 Å². The number of carbonyl (C=O) groups is 2. The number of amides is 1. The first-order chi connectivity index (χ1) is 7.50. The summed E-state index contributed by atoms with van der Waals surface area (Å²) in [4.78, 5) is 21.3. The summed E-state index contributed by atoms with van der Waals surface area (Å²) in [5.41, 5.74) is 0.235. The third-order valence-electron chi connectivity index (χ3n) is 1.58. The third-order valence-corrected chi connectivity index (χ3v) is 2.21. The van der Waals surface area contributed by atoms with Crippen LogP contribution >= 0.6 is 23.2 Å². The summed E-state index contributed by atoms with van der Waals surface area (Å²) in [5.74, 6) is -2.11. The van der Waals surface area contributed by atoms with Crippen molar-refractivity contribution in [2.75, 3.05) is 5.32 Å². The Morgan fingerprint density at radius 1 is 1.19 bits per heavy atom. The molecule has 0 aromatic heterocycles. The van der Waals surface area contributed by atoms with Crippen molar-refractivity contribution in [2.24, 2.45) is 0 Å². The average Bonchev–Trinajstić information content (AvgIpc) is 2.21. The van der Waals surface area contributed by atoms with Gasteiger partial charge in [0.15, 0.2) is 0 Å². The van der Waals surface area contributed by atoms with E-state index in [0.717, 1.165) is 6.08 Å². The van der Waals surface area contributed by atoms with Crippen LogP contribution in [0, 0.1) is 0 Å². The van der Waals surface area contributed by atoms with E-state index >= 15 is 0 Å². The Hall–Kier alpha value is -1.52. The molecule has 0 spiro atoms. The summed E-state index contributed by atoms with van der Waals surface area (Å²) >= 11 is 11.6. The number of aliphatic carboxylic acids is 1. The van der Waals surface area contributed by atoms with Crippen LogP contribution in [0.25, 0.3) is 0 Å². The first-order valence-corrected chi connectivity index (χ1v) is 4.90. The fraction of sp³-hybridized carbons (Fsp3) is 0. The van der Waals surface area contributed by atoms with Crippen LogP contribution < -0.4 is 10.4 Å². The predicted molar refractivity (Wildman–Crippen MR) is 59.2 cm³/mol. The van der Waals surface area contributed by atoms with Crippen LogP contribution in [-0.4, -0.2) is 11.9 Å². The zero-order valence-electron chi connectivity index (χ0n) is 7.87. The molecule has 0 fully saturated rings. The van der Waals surface area contributed by atoms with Crippen LogP contribution in [0.15, 0.2) is 30.4 Å². The fourth-order valence-electron chi connectivity index (χ4n) is 0.926. The molecule has 0 bridgehead atoms. The van der Waals surface area contributed by atoms with Crippen molar-refractivity contribution in [3.63, 3.8) is 0 Å². The van der Waals surface area contributed by atoms with Gasteiger partial charge >= 0.3 is 0 Å². The second kappa shape index (κ2) is 5.53. The van der Waals surface area contributed by atoms with Gasteiger partial charge in [0.2, 0.25) is 5.91 Å². The minimum Gasteiger partial charge on any atom is -0.545 e. The van der Waals surface area contributed by atoms with Gasteiger partial charge in [0, 0.05) is 6.08 Å². The summed E-state index contributed by atoms with van der Waals surface area (Å²) in [6.45, 7) is 0.